The van der Waals surface area contributed by atoms with Gasteiger partial charge in [0.15, 0.2) is 0 Å². The van der Waals surface area contributed by atoms with Crippen molar-refractivity contribution in [2.45, 2.75) is 51.5 Å². The zero-order chi connectivity index (χ0) is 14.8. The van der Waals surface area contributed by atoms with Crippen molar-refractivity contribution in [3.63, 3.8) is 0 Å². The number of ether oxygens (including phenoxy) is 1. The first-order valence-electron chi connectivity index (χ1n) is 8.32. The van der Waals surface area contributed by atoms with Gasteiger partial charge in [-0.1, -0.05) is 29.3 Å². The van der Waals surface area contributed by atoms with Gasteiger partial charge in [0.1, 0.15) is 5.75 Å². The fourth-order valence-corrected chi connectivity index (χ4v) is 4.46. The number of halogens is 1. The largest absolute Gasteiger partial charge is 0.493 e. The maximum atomic E-state index is 6.20. The van der Waals surface area contributed by atoms with E-state index in [1.54, 1.807) is 0 Å². The van der Waals surface area contributed by atoms with Gasteiger partial charge in [-0.05, 0) is 73.6 Å². The molecule has 2 bridgehead atoms. The van der Waals surface area contributed by atoms with Crippen LogP contribution in [0.25, 0.3) is 0 Å². The van der Waals surface area contributed by atoms with E-state index in [2.05, 4.69) is 41.1 Å². The van der Waals surface area contributed by atoms with E-state index >= 15 is 0 Å². The van der Waals surface area contributed by atoms with Crippen molar-refractivity contribution >= 4 is 15.9 Å². The number of hydrogen-bond donors (Lipinski definition) is 1. The summed E-state index contributed by atoms with van der Waals surface area (Å²) in [7, 11) is 0. The minimum atomic E-state index is 0.212. The summed E-state index contributed by atoms with van der Waals surface area (Å²) in [5, 5.41) is 0. The fourth-order valence-electron chi connectivity index (χ4n) is 4.05. The molecule has 2 nitrogen and oxygen atoms in total. The van der Waals surface area contributed by atoms with E-state index in [4.69, 9.17) is 10.5 Å². The number of benzene rings is 1. The molecule has 2 saturated carbocycles. The second-order valence-corrected chi connectivity index (χ2v) is 7.79. The van der Waals surface area contributed by atoms with Crippen LogP contribution in [0.5, 0.6) is 5.75 Å². The Kier molecular flexibility index (Phi) is 4.90. The normalized spacial score (nSPS) is 28.8. The highest BCUT2D eigenvalue weighted by atomic mass is 79.9. The summed E-state index contributed by atoms with van der Waals surface area (Å²) in [5.41, 5.74) is 7.36. The summed E-state index contributed by atoms with van der Waals surface area (Å²) >= 11 is 3.56. The minimum absolute atomic E-state index is 0.212. The maximum absolute atomic E-state index is 6.20. The predicted molar refractivity (Wildman–Crippen MR) is 90.5 cm³/mol. The summed E-state index contributed by atoms with van der Waals surface area (Å²) in [4.78, 5) is 0. The molecule has 21 heavy (non-hydrogen) atoms. The van der Waals surface area contributed by atoms with Crippen LogP contribution in [0.1, 0.15) is 44.6 Å². The monoisotopic (exact) mass is 351 g/mol. The number of fused-ring (bicyclic) bond motifs is 2. The molecule has 116 valence electrons. The first-order valence-corrected chi connectivity index (χ1v) is 9.11. The van der Waals surface area contributed by atoms with E-state index in [0.29, 0.717) is 0 Å². The van der Waals surface area contributed by atoms with Crippen LogP contribution in [0, 0.1) is 17.8 Å². The first-order chi connectivity index (χ1) is 10.2. The molecule has 4 unspecified atom stereocenters. The van der Waals surface area contributed by atoms with Crippen LogP contribution in [0.3, 0.4) is 0 Å². The van der Waals surface area contributed by atoms with Crippen LogP contribution in [0.15, 0.2) is 22.7 Å². The molecule has 4 atom stereocenters. The quantitative estimate of drug-likeness (QED) is 0.816. The summed E-state index contributed by atoms with van der Waals surface area (Å²) in [5.74, 6) is 3.72. The molecular weight excluding hydrogens is 326 g/mol. The van der Waals surface area contributed by atoms with Crippen molar-refractivity contribution in [3.05, 3.63) is 28.2 Å². The highest BCUT2D eigenvalue weighted by molar-refractivity contribution is 9.10. The second-order valence-electron chi connectivity index (χ2n) is 6.87. The number of rotatable bonds is 6. The lowest BCUT2D eigenvalue weighted by Crippen LogP contribution is -2.23. The summed E-state index contributed by atoms with van der Waals surface area (Å²) in [6.45, 7) is 3.02. The van der Waals surface area contributed by atoms with Gasteiger partial charge in [-0.25, -0.2) is 0 Å². The molecule has 1 aromatic rings. The Bertz CT molecular complexity index is 490. The zero-order valence-corrected chi connectivity index (χ0v) is 14.4. The van der Waals surface area contributed by atoms with E-state index in [1.165, 1.54) is 31.2 Å². The SMILES string of the molecule is CCC(N)Cc1cc(Br)ccc1OCC1CC2CCC1C2. The van der Waals surface area contributed by atoms with Crippen molar-refractivity contribution in [1.29, 1.82) is 0 Å². The molecule has 0 heterocycles. The van der Waals surface area contributed by atoms with Crippen molar-refractivity contribution in [2.24, 2.45) is 23.5 Å². The van der Waals surface area contributed by atoms with Gasteiger partial charge in [0.25, 0.3) is 0 Å². The van der Waals surface area contributed by atoms with Crippen LogP contribution in [0.4, 0.5) is 0 Å². The Morgan fingerprint density at radius 1 is 1.33 bits per heavy atom. The van der Waals surface area contributed by atoms with Gasteiger partial charge in [-0.15, -0.1) is 0 Å². The molecule has 0 radical (unpaired) electrons. The highest BCUT2D eigenvalue weighted by Gasteiger charge is 2.39. The van der Waals surface area contributed by atoms with Crippen molar-refractivity contribution in [2.75, 3.05) is 6.61 Å². The smallest absolute Gasteiger partial charge is 0.122 e. The van der Waals surface area contributed by atoms with Gasteiger partial charge in [0.05, 0.1) is 6.61 Å². The van der Waals surface area contributed by atoms with E-state index in [0.717, 1.165) is 47.4 Å². The lowest BCUT2D eigenvalue weighted by Gasteiger charge is -2.23. The highest BCUT2D eigenvalue weighted by Crippen LogP contribution is 2.48. The Balaban J connectivity index is 1.64. The summed E-state index contributed by atoms with van der Waals surface area (Å²) in [6.07, 6.45) is 7.59. The molecule has 0 saturated heterocycles. The summed E-state index contributed by atoms with van der Waals surface area (Å²) < 4.78 is 7.30. The average molecular weight is 352 g/mol. The molecule has 2 N–H and O–H groups in total. The molecule has 0 aromatic heterocycles. The maximum Gasteiger partial charge on any atom is 0.122 e. The zero-order valence-electron chi connectivity index (χ0n) is 12.9. The standard InChI is InChI=1S/C18H26BrNO/c1-2-17(20)10-14-9-16(19)5-6-18(14)21-11-15-8-12-3-4-13(15)7-12/h5-6,9,12-13,15,17H,2-4,7-8,10-11,20H2,1H3. The van der Waals surface area contributed by atoms with Gasteiger partial charge >= 0.3 is 0 Å². The molecule has 0 spiro atoms. The van der Waals surface area contributed by atoms with E-state index in [9.17, 15) is 0 Å². The molecule has 3 heteroatoms. The third-order valence-corrected chi connectivity index (χ3v) is 5.86. The van der Waals surface area contributed by atoms with Crippen LogP contribution in [-0.4, -0.2) is 12.6 Å². The van der Waals surface area contributed by atoms with Crippen LogP contribution < -0.4 is 10.5 Å². The first kappa shape index (κ1) is 15.4. The Hall–Kier alpha value is -0.540. The molecular formula is C18H26BrNO. The lowest BCUT2D eigenvalue weighted by atomic mass is 9.89. The molecule has 0 amide bonds. The minimum Gasteiger partial charge on any atom is -0.493 e. The van der Waals surface area contributed by atoms with Crippen molar-refractivity contribution in [3.8, 4) is 5.75 Å². The van der Waals surface area contributed by atoms with Gasteiger partial charge in [0.2, 0.25) is 0 Å². The molecule has 2 aliphatic carbocycles. The van der Waals surface area contributed by atoms with Crippen LogP contribution in [-0.2, 0) is 6.42 Å². The van der Waals surface area contributed by atoms with Crippen molar-refractivity contribution in [1.82, 2.24) is 0 Å². The van der Waals surface area contributed by atoms with Gasteiger partial charge < -0.3 is 10.5 Å². The van der Waals surface area contributed by atoms with E-state index in [1.807, 2.05) is 0 Å². The third kappa shape index (κ3) is 3.62. The molecule has 0 aliphatic heterocycles. The second kappa shape index (κ2) is 6.70. The third-order valence-electron chi connectivity index (χ3n) is 5.37. The van der Waals surface area contributed by atoms with Crippen LogP contribution >= 0.6 is 15.9 Å². The van der Waals surface area contributed by atoms with Crippen molar-refractivity contribution < 1.29 is 4.74 Å². The average Bonchev–Trinajstić information content (AvgIpc) is 3.09. The van der Waals surface area contributed by atoms with Gasteiger partial charge in [-0.2, -0.15) is 0 Å². The Morgan fingerprint density at radius 3 is 2.86 bits per heavy atom. The van der Waals surface area contributed by atoms with E-state index in [-0.39, 0.29) is 6.04 Å². The molecule has 3 rings (SSSR count). The summed E-state index contributed by atoms with van der Waals surface area (Å²) in [6, 6.07) is 6.53. The van der Waals surface area contributed by atoms with Gasteiger partial charge in [-0.3, -0.25) is 0 Å². The van der Waals surface area contributed by atoms with Crippen LogP contribution in [0.2, 0.25) is 0 Å². The number of hydrogen-bond acceptors (Lipinski definition) is 2. The predicted octanol–water partition coefficient (Wildman–Crippen LogP) is 4.54. The fraction of sp³-hybridized carbons (Fsp3) is 0.667. The molecule has 1 aromatic carbocycles. The number of nitrogens with two attached hydrogens (primary N) is 1. The molecule has 2 aliphatic rings. The Morgan fingerprint density at radius 2 is 2.19 bits per heavy atom. The Labute approximate surface area is 136 Å². The lowest BCUT2D eigenvalue weighted by molar-refractivity contribution is 0.194. The topological polar surface area (TPSA) is 35.2 Å². The van der Waals surface area contributed by atoms with E-state index < -0.39 is 0 Å². The van der Waals surface area contributed by atoms with Gasteiger partial charge in [0, 0.05) is 10.5 Å². The molecule has 2 fully saturated rings.